The average molecular weight is 456 g/mol. The van der Waals surface area contributed by atoms with Gasteiger partial charge in [-0.2, -0.15) is 0 Å². The number of esters is 1. The lowest BCUT2D eigenvalue weighted by atomic mass is 9.80. The smallest absolute Gasteiger partial charge is 0.356 e. The molecule has 2 aromatic rings. The van der Waals surface area contributed by atoms with Crippen LogP contribution in [0.5, 0.6) is 0 Å². The molecule has 3 N–H and O–H groups in total. The Balaban J connectivity index is 1.60. The van der Waals surface area contributed by atoms with Crippen molar-refractivity contribution in [2.24, 2.45) is 11.8 Å². The molecule has 1 aliphatic rings. The monoisotopic (exact) mass is 455 g/mol. The molecule has 0 bridgehead atoms. The molecule has 0 aliphatic heterocycles. The van der Waals surface area contributed by atoms with E-state index in [1.54, 1.807) is 0 Å². The van der Waals surface area contributed by atoms with Gasteiger partial charge in [0.25, 0.3) is 0 Å². The summed E-state index contributed by atoms with van der Waals surface area (Å²) in [4.78, 5) is 43.5. The molecule has 0 spiro atoms. The van der Waals surface area contributed by atoms with Crippen molar-refractivity contribution in [3.05, 3.63) is 53.6 Å². The molecule has 33 heavy (non-hydrogen) atoms. The van der Waals surface area contributed by atoms with E-state index in [1.807, 2.05) is 51.1 Å². The van der Waals surface area contributed by atoms with Crippen LogP contribution in [0, 0.1) is 11.8 Å². The van der Waals surface area contributed by atoms with E-state index in [1.165, 1.54) is 6.20 Å². The zero-order chi connectivity index (χ0) is 24.0. The van der Waals surface area contributed by atoms with Crippen LogP contribution in [0.2, 0.25) is 0 Å². The van der Waals surface area contributed by atoms with Crippen molar-refractivity contribution in [1.29, 1.82) is 0 Å². The largest absolute Gasteiger partial charge is 0.476 e. The molecule has 8 heteroatoms. The summed E-state index contributed by atoms with van der Waals surface area (Å²) in [5.41, 5.74) is 0.436. The predicted octanol–water partition coefficient (Wildman–Crippen LogP) is 4.05. The van der Waals surface area contributed by atoms with E-state index in [0.29, 0.717) is 31.5 Å². The molecule has 1 heterocycles. The van der Waals surface area contributed by atoms with Gasteiger partial charge in [-0.25, -0.2) is 9.78 Å². The van der Waals surface area contributed by atoms with Crippen molar-refractivity contribution in [2.45, 2.75) is 70.9 Å². The number of carbonyl (C=O) groups excluding carboxylic acids is 2. The van der Waals surface area contributed by atoms with E-state index >= 15 is 0 Å². The Morgan fingerprint density at radius 1 is 1.15 bits per heavy atom. The number of aromatic amines is 1. The maximum atomic E-state index is 13.1. The Labute approximate surface area is 194 Å². The van der Waals surface area contributed by atoms with E-state index in [4.69, 9.17) is 4.74 Å². The van der Waals surface area contributed by atoms with Gasteiger partial charge < -0.3 is 20.1 Å². The molecule has 1 aromatic heterocycles. The molecule has 1 aromatic carbocycles. The number of hydrogen-bond donors (Lipinski definition) is 3. The summed E-state index contributed by atoms with van der Waals surface area (Å²) in [5.74, 6) is -0.876. The number of aromatic nitrogens is 2. The number of nitrogens with zero attached hydrogens (tertiary/aromatic N) is 1. The number of ether oxygens (including phenoxy) is 1. The summed E-state index contributed by atoms with van der Waals surface area (Å²) in [7, 11) is 0. The number of carbonyl (C=O) groups is 3. The summed E-state index contributed by atoms with van der Waals surface area (Å²) < 4.78 is 5.42. The molecule has 1 unspecified atom stereocenters. The van der Waals surface area contributed by atoms with Crippen LogP contribution in [-0.2, 0) is 20.7 Å². The summed E-state index contributed by atoms with van der Waals surface area (Å²) >= 11 is 0. The number of rotatable bonds is 8. The highest BCUT2D eigenvalue weighted by Gasteiger charge is 2.30. The molecule has 1 saturated carbocycles. The number of imidazole rings is 1. The predicted molar refractivity (Wildman–Crippen MR) is 122 cm³/mol. The quantitative estimate of drug-likeness (QED) is 0.517. The van der Waals surface area contributed by atoms with Crippen LogP contribution in [0.3, 0.4) is 0 Å². The van der Waals surface area contributed by atoms with E-state index in [2.05, 4.69) is 15.3 Å². The zero-order valence-corrected chi connectivity index (χ0v) is 19.5. The summed E-state index contributed by atoms with van der Waals surface area (Å²) in [6.07, 6.45) is 5.21. The topological polar surface area (TPSA) is 121 Å². The van der Waals surface area contributed by atoms with Gasteiger partial charge in [-0.15, -0.1) is 0 Å². The molecule has 1 fully saturated rings. The lowest BCUT2D eigenvalue weighted by Crippen LogP contribution is -2.37. The molecule has 0 radical (unpaired) electrons. The third kappa shape index (κ3) is 7.44. The molecule has 3 rings (SSSR count). The first-order chi connectivity index (χ1) is 15.6. The number of carboxylic acids is 1. The van der Waals surface area contributed by atoms with Crippen LogP contribution in [0.25, 0.3) is 0 Å². The molecule has 0 saturated heterocycles. The SMILES string of the molecule is CC(C)(C)OC(=O)CC1CCC(C(=O)NC(Cc2ccccc2)c2nc(C(=O)O)c[nH]2)CC1. The van der Waals surface area contributed by atoms with E-state index < -0.39 is 17.6 Å². The van der Waals surface area contributed by atoms with Crippen molar-refractivity contribution >= 4 is 17.8 Å². The van der Waals surface area contributed by atoms with Crippen LogP contribution in [0.1, 0.15) is 80.8 Å². The number of amides is 1. The van der Waals surface area contributed by atoms with E-state index in [0.717, 1.165) is 18.4 Å². The normalized spacial score (nSPS) is 19.5. The summed E-state index contributed by atoms with van der Waals surface area (Å²) in [6, 6.07) is 9.22. The van der Waals surface area contributed by atoms with Crippen LogP contribution in [0.4, 0.5) is 0 Å². The van der Waals surface area contributed by atoms with E-state index in [-0.39, 0.29) is 29.4 Å². The maximum absolute atomic E-state index is 13.1. The van der Waals surface area contributed by atoms with Gasteiger partial charge in [0.15, 0.2) is 5.69 Å². The van der Waals surface area contributed by atoms with Gasteiger partial charge in [-0.1, -0.05) is 30.3 Å². The number of nitrogens with one attached hydrogen (secondary N) is 2. The first-order valence-electron chi connectivity index (χ1n) is 11.5. The highest BCUT2D eigenvalue weighted by Crippen LogP contribution is 2.32. The Morgan fingerprint density at radius 2 is 1.82 bits per heavy atom. The number of H-pyrrole nitrogens is 1. The van der Waals surface area contributed by atoms with Gasteiger partial charge in [0.1, 0.15) is 11.4 Å². The van der Waals surface area contributed by atoms with Crippen molar-refractivity contribution in [3.63, 3.8) is 0 Å². The zero-order valence-electron chi connectivity index (χ0n) is 19.5. The third-order valence-electron chi connectivity index (χ3n) is 5.84. The Bertz CT molecular complexity index is 956. The maximum Gasteiger partial charge on any atom is 0.356 e. The molecule has 8 nitrogen and oxygen atoms in total. The fourth-order valence-electron chi connectivity index (χ4n) is 4.23. The van der Waals surface area contributed by atoms with Crippen LogP contribution in [0.15, 0.2) is 36.5 Å². The summed E-state index contributed by atoms with van der Waals surface area (Å²) in [6.45, 7) is 5.57. The number of benzene rings is 1. The van der Waals surface area contributed by atoms with Gasteiger partial charge in [0.2, 0.25) is 5.91 Å². The molecule has 178 valence electrons. The van der Waals surface area contributed by atoms with Gasteiger partial charge >= 0.3 is 11.9 Å². The molecule has 1 amide bonds. The second-order valence-electron chi connectivity index (χ2n) is 9.74. The van der Waals surface area contributed by atoms with Gasteiger partial charge in [0, 0.05) is 18.5 Å². The second kappa shape index (κ2) is 10.6. The first-order valence-corrected chi connectivity index (χ1v) is 11.5. The second-order valence-corrected chi connectivity index (χ2v) is 9.74. The minimum atomic E-state index is -1.12. The standard InChI is InChI=1S/C25H33N3O5/c1-25(2,3)33-21(29)14-17-9-11-18(12-10-17)23(30)28-19(13-16-7-5-4-6-8-16)22-26-15-20(27-22)24(31)32/h4-8,15,17-19H,9-14H2,1-3H3,(H,26,27)(H,28,30)(H,31,32). The van der Waals surface area contributed by atoms with Gasteiger partial charge in [-0.05, 0) is 64.4 Å². The fraction of sp³-hybridized carbons (Fsp3) is 0.520. The highest BCUT2D eigenvalue weighted by molar-refractivity contribution is 5.85. The minimum absolute atomic E-state index is 0.0695. The molecular weight excluding hydrogens is 422 g/mol. The average Bonchev–Trinajstić information content (AvgIpc) is 3.24. The van der Waals surface area contributed by atoms with Crippen LogP contribution < -0.4 is 5.32 Å². The molecular formula is C25H33N3O5. The highest BCUT2D eigenvalue weighted by atomic mass is 16.6. The molecule has 1 aliphatic carbocycles. The fourth-order valence-corrected chi connectivity index (χ4v) is 4.23. The van der Waals surface area contributed by atoms with Crippen molar-refractivity contribution in [2.75, 3.05) is 0 Å². The number of hydrogen-bond acceptors (Lipinski definition) is 5. The Morgan fingerprint density at radius 3 is 2.39 bits per heavy atom. The number of aromatic carboxylic acids is 1. The van der Waals surface area contributed by atoms with Crippen LogP contribution >= 0.6 is 0 Å². The lowest BCUT2D eigenvalue weighted by Gasteiger charge is -2.29. The minimum Gasteiger partial charge on any atom is -0.476 e. The van der Waals surface area contributed by atoms with Gasteiger partial charge in [0.05, 0.1) is 6.04 Å². The third-order valence-corrected chi connectivity index (χ3v) is 5.84. The van der Waals surface area contributed by atoms with Gasteiger partial charge in [-0.3, -0.25) is 9.59 Å². The van der Waals surface area contributed by atoms with Crippen LogP contribution in [-0.4, -0.2) is 38.5 Å². The van der Waals surface area contributed by atoms with Crippen molar-refractivity contribution in [1.82, 2.24) is 15.3 Å². The van der Waals surface area contributed by atoms with E-state index in [9.17, 15) is 19.5 Å². The Hall–Kier alpha value is -3.16. The number of carboxylic acid groups (broad SMARTS) is 1. The first kappa shape index (κ1) is 24.5. The Kier molecular flexibility index (Phi) is 7.89. The van der Waals surface area contributed by atoms with Crippen molar-refractivity contribution < 1.29 is 24.2 Å². The summed E-state index contributed by atoms with van der Waals surface area (Å²) in [5, 5.41) is 12.3. The molecule has 1 atom stereocenters. The lowest BCUT2D eigenvalue weighted by molar-refractivity contribution is -0.156. The van der Waals surface area contributed by atoms with Crippen molar-refractivity contribution in [3.8, 4) is 0 Å².